The number of carboxylic acid groups (broad SMARTS) is 1. The number of hydrogen-bond acceptors (Lipinski definition) is 8. The number of piperidine rings is 1. The quantitative estimate of drug-likeness (QED) is 0.134. The Morgan fingerprint density at radius 3 is 2.36 bits per heavy atom. The zero-order valence-corrected chi connectivity index (χ0v) is 27.1. The molecular weight excluding hydrogens is 604 g/mol. The van der Waals surface area contributed by atoms with Crippen molar-refractivity contribution in [2.45, 2.75) is 57.0 Å². The summed E-state index contributed by atoms with van der Waals surface area (Å²) < 4.78 is 34.2. The number of sulfonamides is 1. The Labute approximate surface area is 263 Å². The normalized spacial score (nSPS) is 16.1. The Morgan fingerprint density at radius 2 is 1.78 bits per heavy atom. The van der Waals surface area contributed by atoms with Crippen LogP contribution in [-0.2, 0) is 33.9 Å². The fraction of sp³-hybridized carbons (Fsp3) is 0.500. The number of carbonyl (C=O) groups excluding carboxylic acids is 3. The average molecular weight is 649 g/mol. The number of benzene rings is 2. The van der Waals surface area contributed by atoms with Crippen molar-refractivity contribution in [1.82, 2.24) is 19.8 Å². The molecule has 0 spiro atoms. The number of nitrogens with one attached hydrogen (secondary N) is 3. The summed E-state index contributed by atoms with van der Waals surface area (Å²) >= 11 is 0. The molecule has 2 aromatic rings. The molecular formula is C30H44N6O8S. The minimum Gasteiger partial charge on any atom is -0.481 e. The Balaban J connectivity index is 0.00000166. The van der Waals surface area contributed by atoms with E-state index >= 15 is 0 Å². The molecule has 6 N–H and O–H groups in total. The number of nitrogens with zero attached hydrogens (tertiary/aromatic N) is 2. The van der Waals surface area contributed by atoms with Crippen LogP contribution in [0.1, 0.15) is 40.0 Å². The molecule has 2 aromatic carbocycles. The van der Waals surface area contributed by atoms with E-state index in [9.17, 15) is 22.8 Å². The van der Waals surface area contributed by atoms with Crippen LogP contribution in [-0.4, -0.2) is 98.9 Å². The number of esters is 1. The van der Waals surface area contributed by atoms with Gasteiger partial charge < -0.3 is 30.7 Å². The number of nitrogens with two attached hydrogens (primary N) is 1. The first-order chi connectivity index (χ1) is 21.1. The van der Waals surface area contributed by atoms with E-state index in [2.05, 4.69) is 10.0 Å². The number of fused-ring (bicyclic) bond motifs is 1. The number of aliphatic carboxylic acids is 1. The van der Waals surface area contributed by atoms with Gasteiger partial charge in [0.25, 0.3) is 5.97 Å². The molecule has 1 aliphatic heterocycles. The molecule has 1 heterocycles. The summed E-state index contributed by atoms with van der Waals surface area (Å²) in [5.41, 5.74) is 5.61. The zero-order valence-electron chi connectivity index (χ0n) is 26.3. The number of likely N-dealkylation sites (N-methyl/N-ethyl adjacent to an activating group) is 1. The summed E-state index contributed by atoms with van der Waals surface area (Å²) in [5, 5.41) is 19.4. The van der Waals surface area contributed by atoms with Crippen LogP contribution in [0.15, 0.2) is 47.4 Å². The first-order valence-electron chi connectivity index (χ1n) is 14.5. The van der Waals surface area contributed by atoms with Crippen LogP contribution in [0, 0.1) is 17.2 Å². The SMILES string of the molecule is CC(=O)O.COC(=O)[C@H](C(C)C)N(C)C(=O)[C@H](CC(=O)NC[C@@H]1CCCN(C(=N)N)C1)NS(=O)(=O)c1ccc2ccccc2c1. The van der Waals surface area contributed by atoms with Gasteiger partial charge in [-0.3, -0.25) is 19.8 Å². The molecule has 1 aliphatic rings. The van der Waals surface area contributed by atoms with Gasteiger partial charge in [-0.2, -0.15) is 4.72 Å². The maximum atomic E-state index is 13.7. The molecule has 3 atom stereocenters. The minimum absolute atomic E-state index is 0.0249. The highest BCUT2D eigenvalue weighted by molar-refractivity contribution is 7.89. The number of methoxy groups -OCH3 is 1. The molecule has 2 amide bonds. The van der Waals surface area contributed by atoms with E-state index in [1.54, 1.807) is 36.9 Å². The van der Waals surface area contributed by atoms with E-state index in [0.717, 1.165) is 30.1 Å². The van der Waals surface area contributed by atoms with E-state index in [4.69, 9.17) is 25.8 Å². The van der Waals surface area contributed by atoms with Gasteiger partial charge in [-0.05, 0) is 47.6 Å². The smallest absolute Gasteiger partial charge is 0.328 e. The lowest BCUT2D eigenvalue weighted by Crippen LogP contribution is -2.55. The fourth-order valence-electron chi connectivity index (χ4n) is 5.12. The molecule has 0 radical (unpaired) electrons. The van der Waals surface area contributed by atoms with Gasteiger partial charge >= 0.3 is 5.97 Å². The van der Waals surface area contributed by atoms with Crippen LogP contribution in [0.2, 0.25) is 0 Å². The van der Waals surface area contributed by atoms with Crippen molar-refractivity contribution in [3.05, 3.63) is 42.5 Å². The summed E-state index contributed by atoms with van der Waals surface area (Å²) in [6.45, 7) is 6.04. The number of rotatable bonds is 11. The van der Waals surface area contributed by atoms with E-state index in [0.29, 0.717) is 18.5 Å². The van der Waals surface area contributed by atoms with Crippen LogP contribution < -0.4 is 15.8 Å². The molecule has 1 fully saturated rings. The Bertz CT molecular complexity index is 1480. The number of guanidine groups is 1. The Hall–Kier alpha value is -4.24. The predicted molar refractivity (Wildman–Crippen MR) is 169 cm³/mol. The van der Waals surface area contributed by atoms with Gasteiger partial charge in [-0.15, -0.1) is 0 Å². The lowest BCUT2D eigenvalue weighted by Gasteiger charge is -2.33. The second-order valence-corrected chi connectivity index (χ2v) is 12.9. The van der Waals surface area contributed by atoms with E-state index in [-0.39, 0.29) is 29.2 Å². The van der Waals surface area contributed by atoms with Crippen molar-refractivity contribution in [3.63, 3.8) is 0 Å². The molecule has 0 aromatic heterocycles. The number of carboxylic acids is 1. The Morgan fingerprint density at radius 1 is 1.16 bits per heavy atom. The van der Waals surface area contributed by atoms with Crippen LogP contribution in [0.25, 0.3) is 10.8 Å². The van der Waals surface area contributed by atoms with Gasteiger partial charge in [0.15, 0.2) is 5.96 Å². The molecule has 45 heavy (non-hydrogen) atoms. The second-order valence-electron chi connectivity index (χ2n) is 11.2. The number of carbonyl (C=O) groups is 4. The van der Waals surface area contributed by atoms with Crippen molar-refractivity contribution in [2.24, 2.45) is 17.6 Å². The third kappa shape index (κ3) is 11.0. The largest absolute Gasteiger partial charge is 0.481 e. The van der Waals surface area contributed by atoms with Crippen molar-refractivity contribution in [3.8, 4) is 0 Å². The zero-order chi connectivity index (χ0) is 33.9. The molecule has 0 unspecified atom stereocenters. The summed E-state index contributed by atoms with van der Waals surface area (Å²) in [7, 11) is -1.64. The fourth-order valence-corrected chi connectivity index (χ4v) is 6.34. The maximum absolute atomic E-state index is 13.7. The first kappa shape index (κ1) is 36.9. The van der Waals surface area contributed by atoms with Gasteiger partial charge in [-0.1, -0.05) is 44.2 Å². The highest BCUT2D eigenvalue weighted by Crippen LogP contribution is 2.21. The van der Waals surface area contributed by atoms with E-state index < -0.39 is 52.3 Å². The second kappa shape index (κ2) is 16.7. The lowest BCUT2D eigenvalue weighted by molar-refractivity contribution is -0.154. The maximum Gasteiger partial charge on any atom is 0.328 e. The highest BCUT2D eigenvalue weighted by atomic mass is 32.2. The van der Waals surface area contributed by atoms with Gasteiger partial charge in [-0.25, -0.2) is 13.2 Å². The van der Waals surface area contributed by atoms with Gasteiger partial charge in [0.2, 0.25) is 21.8 Å². The van der Waals surface area contributed by atoms with Crippen LogP contribution in [0.5, 0.6) is 0 Å². The van der Waals surface area contributed by atoms with E-state index in [1.165, 1.54) is 26.3 Å². The molecule has 0 bridgehead atoms. The van der Waals surface area contributed by atoms with Gasteiger partial charge in [0, 0.05) is 33.6 Å². The van der Waals surface area contributed by atoms with Crippen molar-refractivity contribution in [1.29, 1.82) is 5.41 Å². The number of likely N-dealkylation sites (tertiary alicyclic amines) is 1. The monoisotopic (exact) mass is 648 g/mol. The van der Waals surface area contributed by atoms with Crippen molar-refractivity contribution < 1.29 is 37.4 Å². The van der Waals surface area contributed by atoms with Crippen LogP contribution in [0.3, 0.4) is 0 Å². The van der Waals surface area contributed by atoms with Gasteiger partial charge in [0.05, 0.1) is 18.4 Å². The van der Waals surface area contributed by atoms with Crippen LogP contribution in [0.4, 0.5) is 0 Å². The molecule has 15 heteroatoms. The minimum atomic E-state index is -4.24. The third-order valence-corrected chi connectivity index (χ3v) is 8.77. The molecule has 0 saturated carbocycles. The summed E-state index contributed by atoms with van der Waals surface area (Å²) in [5.74, 6) is -3.07. The van der Waals surface area contributed by atoms with Gasteiger partial charge in [0.1, 0.15) is 12.1 Å². The third-order valence-electron chi connectivity index (χ3n) is 7.30. The molecule has 3 rings (SSSR count). The van der Waals surface area contributed by atoms with E-state index in [1.807, 2.05) is 12.1 Å². The number of ether oxygens (including phenoxy) is 1. The summed E-state index contributed by atoms with van der Waals surface area (Å²) in [6, 6.07) is 9.40. The molecule has 248 valence electrons. The molecule has 14 nitrogen and oxygen atoms in total. The summed E-state index contributed by atoms with van der Waals surface area (Å²) in [6.07, 6.45) is 1.17. The lowest BCUT2D eigenvalue weighted by atomic mass is 9.98. The number of hydrogen-bond donors (Lipinski definition) is 5. The number of amides is 2. The average Bonchev–Trinajstić information content (AvgIpc) is 2.98. The standard InChI is InChI=1S/C28H40N6O6S.C2H4O2/c1-18(2)25(27(37)40-4)33(3)26(36)23(15-24(35)31-16-19-8-7-13-34(17-19)28(29)30)32-41(38,39)22-12-11-20-9-5-6-10-21(20)14-22;1-2(3)4/h5-6,9-12,14,18-19,23,25,32H,7-8,13,15-17H2,1-4H3,(H3,29,30)(H,31,35);1H3,(H,3,4)/t19-,23-,25-;/m0./s1. The summed E-state index contributed by atoms with van der Waals surface area (Å²) in [4.78, 5) is 51.0. The first-order valence-corrected chi connectivity index (χ1v) is 16.0. The van der Waals surface area contributed by atoms with Crippen LogP contribution >= 0.6 is 0 Å². The van der Waals surface area contributed by atoms with Crippen molar-refractivity contribution in [2.75, 3.05) is 33.8 Å². The Kier molecular flexibility index (Phi) is 13.7. The van der Waals surface area contributed by atoms with Crippen molar-refractivity contribution >= 4 is 50.5 Å². The molecule has 0 aliphatic carbocycles. The topological polar surface area (TPSA) is 212 Å². The highest BCUT2D eigenvalue weighted by Gasteiger charge is 2.37. The predicted octanol–water partition coefficient (Wildman–Crippen LogP) is 1.35. The molecule has 1 saturated heterocycles.